The van der Waals surface area contributed by atoms with Gasteiger partial charge in [0.15, 0.2) is 0 Å². The molecule has 0 spiro atoms. The molecule has 5 heteroatoms. The van der Waals surface area contributed by atoms with Gasteiger partial charge in [-0.3, -0.25) is 0 Å². The quantitative estimate of drug-likeness (QED) is 0.662. The van der Waals surface area contributed by atoms with Crippen molar-refractivity contribution in [1.82, 2.24) is 0 Å². The maximum atomic E-state index is 10.1. The number of rotatable bonds is 4. The Hall–Kier alpha value is -1.36. The highest BCUT2D eigenvalue weighted by Gasteiger charge is 1.93. The minimum Gasteiger partial charge on any atom is -0.479 e. The second kappa shape index (κ2) is 5.39. The van der Waals surface area contributed by atoms with Crippen LogP contribution >= 0.6 is 15.9 Å². The van der Waals surface area contributed by atoms with Gasteiger partial charge in [0.2, 0.25) is 6.61 Å². The largest absolute Gasteiger partial charge is 0.479 e. The Kier molecular flexibility index (Phi) is 4.12. The lowest BCUT2D eigenvalue weighted by molar-refractivity contribution is -0.142. The Morgan fingerprint density at radius 2 is 2.43 bits per heavy atom. The van der Waals surface area contributed by atoms with E-state index >= 15 is 0 Å². The molecule has 0 aliphatic carbocycles. The molecule has 0 bridgehead atoms. The molecule has 0 aromatic heterocycles. The van der Waals surface area contributed by atoms with Gasteiger partial charge in [-0.15, -0.1) is 0 Å². The van der Waals surface area contributed by atoms with Crippen molar-refractivity contribution in [3.8, 4) is 0 Å². The van der Waals surface area contributed by atoms with Crippen molar-refractivity contribution in [2.24, 2.45) is 5.16 Å². The zero-order valence-corrected chi connectivity index (χ0v) is 8.77. The molecule has 4 nitrogen and oxygen atoms in total. The molecule has 14 heavy (non-hydrogen) atoms. The van der Waals surface area contributed by atoms with E-state index in [4.69, 9.17) is 5.11 Å². The maximum absolute atomic E-state index is 10.1. The fraction of sp³-hybridized carbons (Fsp3) is 0.111. The summed E-state index contributed by atoms with van der Waals surface area (Å²) in [5.74, 6) is -1.05. The Balaban J connectivity index is 2.47. The molecular formula is C9H8BrNO3. The number of carboxylic acid groups (broad SMARTS) is 1. The van der Waals surface area contributed by atoms with Crippen LogP contribution in [0.4, 0.5) is 0 Å². The Labute approximate surface area is 89.3 Å². The molecule has 0 aliphatic rings. The molecule has 1 aromatic carbocycles. The molecule has 0 aliphatic heterocycles. The first-order valence-electron chi connectivity index (χ1n) is 3.81. The van der Waals surface area contributed by atoms with E-state index in [0.29, 0.717) is 0 Å². The molecule has 0 amide bonds. The number of halogens is 1. The summed E-state index contributed by atoms with van der Waals surface area (Å²) in [6.07, 6.45) is 1.45. The van der Waals surface area contributed by atoms with E-state index < -0.39 is 12.6 Å². The summed E-state index contributed by atoms with van der Waals surface area (Å²) in [5, 5.41) is 11.7. The molecule has 0 radical (unpaired) electrons. The van der Waals surface area contributed by atoms with Crippen LogP contribution in [0, 0.1) is 0 Å². The van der Waals surface area contributed by atoms with Crippen molar-refractivity contribution in [3.63, 3.8) is 0 Å². The third-order valence-electron chi connectivity index (χ3n) is 1.31. The minimum absolute atomic E-state index is 0.426. The number of carbonyl (C=O) groups is 1. The summed E-state index contributed by atoms with van der Waals surface area (Å²) < 4.78 is 0.930. The highest BCUT2D eigenvalue weighted by atomic mass is 79.9. The van der Waals surface area contributed by atoms with Crippen LogP contribution in [0.15, 0.2) is 33.9 Å². The number of nitrogens with zero attached hydrogens (tertiary/aromatic N) is 1. The lowest BCUT2D eigenvalue weighted by Gasteiger charge is -1.94. The van der Waals surface area contributed by atoms with Crippen LogP contribution < -0.4 is 0 Å². The molecule has 0 heterocycles. The van der Waals surface area contributed by atoms with Gasteiger partial charge in [0.05, 0.1) is 6.21 Å². The second-order valence-corrected chi connectivity index (χ2v) is 3.37. The first-order valence-corrected chi connectivity index (χ1v) is 4.60. The summed E-state index contributed by atoms with van der Waals surface area (Å²) in [4.78, 5) is 14.6. The van der Waals surface area contributed by atoms with E-state index in [9.17, 15) is 4.79 Å². The highest BCUT2D eigenvalue weighted by molar-refractivity contribution is 9.10. The minimum atomic E-state index is -1.05. The van der Waals surface area contributed by atoms with Gasteiger partial charge in [0.1, 0.15) is 0 Å². The average molecular weight is 258 g/mol. The zero-order valence-electron chi connectivity index (χ0n) is 7.18. The third-order valence-corrected chi connectivity index (χ3v) is 1.81. The summed E-state index contributed by atoms with van der Waals surface area (Å²) in [6.45, 7) is -0.426. The van der Waals surface area contributed by atoms with Gasteiger partial charge in [0, 0.05) is 4.47 Å². The van der Waals surface area contributed by atoms with Gasteiger partial charge < -0.3 is 9.94 Å². The second-order valence-electron chi connectivity index (χ2n) is 2.46. The Bertz CT molecular complexity index is 352. The van der Waals surface area contributed by atoms with E-state index in [1.54, 1.807) is 0 Å². The molecule has 0 saturated heterocycles. The number of carboxylic acids is 1. The SMILES string of the molecule is O=C(O)CON=Cc1cccc(Br)c1. The molecule has 1 N–H and O–H groups in total. The van der Waals surface area contributed by atoms with E-state index in [-0.39, 0.29) is 0 Å². The first-order chi connectivity index (χ1) is 6.68. The van der Waals surface area contributed by atoms with Gasteiger partial charge >= 0.3 is 5.97 Å². The normalized spacial score (nSPS) is 10.4. The Morgan fingerprint density at radius 1 is 1.64 bits per heavy atom. The maximum Gasteiger partial charge on any atom is 0.344 e. The van der Waals surface area contributed by atoms with Crippen molar-refractivity contribution in [2.75, 3.05) is 6.61 Å². The molecule has 0 unspecified atom stereocenters. The van der Waals surface area contributed by atoms with Gasteiger partial charge in [-0.25, -0.2) is 4.79 Å². The van der Waals surface area contributed by atoms with Crippen LogP contribution in [-0.2, 0) is 9.63 Å². The predicted molar refractivity (Wildman–Crippen MR) is 55.3 cm³/mol. The van der Waals surface area contributed by atoms with Crippen LogP contribution in [0.25, 0.3) is 0 Å². The molecule has 74 valence electrons. The average Bonchev–Trinajstić information content (AvgIpc) is 2.12. The summed E-state index contributed by atoms with van der Waals surface area (Å²) in [7, 11) is 0. The predicted octanol–water partition coefficient (Wildman–Crippen LogP) is 1.88. The smallest absolute Gasteiger partial charge is 0.344 e. The van der Waals surface area contributed by atoms with E-state index in [1.807, 2.05) is 24.3 Å². The van der Waals surface area contributed by atoms with Crippen molar-refractivity contribution >= 4 is 28.1 Å². The van der Waals surface area contributed by atoms with Crippen molar-refractivity contribution in [2.45, 2.75) is 0 Å². The van der Waals surface area contributed by atoms with Crippen molar-refractivity contribution in [1.29, 1.82) is 0 Å². The van der Waals surface area contributed by atoms with Crippen LogP contribution in [0.2, 0.25) is 0 Å². The van der Waals surface area contributed by atoms with E-state index in [1.165, 1.54) is 6.21 Å². The van der Waals surface area contributed by atoms with Crippen LogP contribution in [0.5, 0.6) is 0 Å². The zero-order chi connectivity index (χ0) is 10.4. The lowest BCUT2D eigenvalue weighted by Crippen LogP contribution is -2.03. The van der Waals surface area contributed by atoms with Gasteiger partial charge in [-0.2, -0.15) is 0 Å². The van der Waals surface area contributed by atoms with Crippen molar-refractivity contribution < 1.29 is 14.7 Å². The van der Waals surface area contributed by atoms with Crippen LogP contribution in [-0.4, -0.2) is 23.9 Å². The number of benzene rings is 1. The number of hydrogen-bond donors (Lipinski definition) is 1. The number of hydrogen-bond acceptors (Lipinski definition) is 3. The van der Waals surface area contributed by atoms with Crippen molar-refractivity contribution in [3.05, 3.63) is 34.3 Å². The fourth-order valence-electron chi connectivity index (χ4n) is 0.778. The van der Waals surface area contributed by atoms with Crippen LogP contribution in [0.3, 0.4) is 0 Å². The van der Waals surface area contributed by atoms with E-state index in [2.05, 4.69) is 25.9 Å². The Morgan fingerprint density at radius 3 is 3.07 bits per heavy atom. The van der Waals surface area contributed by atoms with Crippen LogP contribution in [0.1, 0.15) is 5.56 Å². The van der Waals surface area contributed by atoms with E-state index in [0.717, 1.165) is 10.0 Å². The monoisotopic (exact) mass is 257 g/mol. The summed E-state index contributed by atoms with van der Waals surface area (Å²) in [6, 6.07) is 7.41. The molecule has 0 saturated carbocycles. The fourth-order valence-corrected chi connectivity index (χ4v) is 1.19. The molecule has 0 fully saturated rings. The molecule has 1 rings (SSSR count). The third kappa shape index (κ3) is 4.04. The topological polar surface area (TPSA) is 58.9 Å². The van der Waals surface area contributed by atoms with Gasteiger partial charge in [0.25, 0.3) is 0 Å². The molecular weight excluding hydrogens is 250 g/mol. The lowest BCUT2D eigenvalue weighted by atomic mass is 10.2. The summed E-state index contributed by atoms with van der Waals surface area (Å²) in [5.41, 5.74) is 0.838. The summed E-state index contributed by atoms with van der Waals surface area (Å²) >= 11 is 3.30. The van der Waals surface area contributed by atoms with Gasteiger partial charge in [-0.1, -0.05) is 33.2 Å². The standard InChI is InChI=1S/C9H8BrNO3/c10-8-3-1-2-7(4-8)5-11-14-6-9(12)13/h1-5H,6H2,(H,12,13). The molecule has 0 atom stereocenters. The number of oxime groups is 1. The first kappa shape index (κ1) is 10.7. The number of aliphatic carboxylic acids is 1. The molecule has 1 aromatic rings. The van der Waals surface area contributed by atoms with Gasteiger partial charge in [-0.05, 0) is 17.7 Å². The highest BCUT2D eigenvalue weighted by Crippen LogP contribution is 2.09.